The lowest BCUT2D eigenvalue weighted by Gasteiger charge is -2.73. The van der Waals surface area contributed by atoms with Crippen LogP contribution in [0.25, 0.3) is 0 Å². The van der Waals surface area contributed by atoms with E-state index in [4.69, 9.17) is 0 Å². The van der Waals surface area contributed by atoms with Crippen molar-refractivity contribution in [1.82, 2.24) is 0 Å². The first-order valence-corrected chi connectivity index (χ1v) is 13.8. The smallest absolute Gasteiger partial charge is 0.0594 e. The fourth-order valence-corrected chi connectivity index (χ4v) is 11.5. The third kappa shape index (κ3) is 2.66. The molecule has 10 atom stereocenters. The molecule has 5 aliphatic carbocycles. The van der Waals surface area contributed by atoms with Crippen LogP contribution < -0.4 is 0 Å². The molecule has 2 heteroatoms. The van der Waals surface area contributed by atoms with Gasteiger partial charge in [-0.2, -0.15) is 0 Å². The molecule has 2 N–H and O–H groups in total. The molecule has 5 unspecified atom stereocenters. The Labute approximate surface area is 197 Å². The highest BCUT2D eigenvalue weighted by atomic mass is 16.3. The number of hydrogen-bond donors (Lipinski definition) is 2. The van der Waals surface area contributed by atoms with Gasteiger partial charge < -0.3 is 10.2 Å². The largest absolute Gasteiger partial charge is 0.396 e. The van der Waals surface area contributed by atoms with Crippen LogP contribution in [0.5, 0.6) is 0 Å². The predicted octanol–water partition coefficient (Wildman–Crippen LogP) is 7.00. The van der Waals surface area contributed by atoms with Gasteiger partial charge in [-0.05, 0) is 128 Å². The maximum Gasteiger partial charge on any atom is 0.0594 e. The van der Waals surface area contributed by atoms with Crippen LogP contribution in [0.1, 0.15) is 106 Å². The van der Waals surface area contributed by atoms with Crippen LogP contribution in [0.4, 0.5) is 0 Å². The van der Waals surface area contributed by atoms with Crippen molar-refractivity contribution < 1.29 is 10.2 Å². The van der Waals surface area contributed by atoms with E-state index in [1.165, 1.54) is 63.4 Å². The predicted molar refractivity (Wildman–Crippen MR) is 132 cm³/mol. The molecular weight excluding hydrogens is 392 g/mol. The molecular formula is C30H50O2. The maximum atomic E-state index is 10.9. The van der Waals surface area contributed by atoms with E-state index < -0.39 is 0 Å². The molecule has 0 aromatic rings. The van der Waals surface area contributed by atoms with Crippen LogP contribution in [0.15, 0.2) is 12.2 Å². The number of hydrogen-bond acceptors (Lipinski definition) is 2. The Morgan fingerprint density at radius 2 is 1.53 bits per heavy atom. The quantitative estimate of drug-likeness (QED) is 0.452. The highest BCUT2D eigenvalue weighted by Gasteiger charge is 2.70. The molecule has 0 aliphatic heterocycles. The molecule has 0 saturated heterocycles. The lowest BCUT2D eigenvalue weighted by atomic mass is 9.32. The molecule has 0 amide bonds. The molecule has 5 saturated carbocycles. The average molecular weight is 443 g/mol. The van der Waals surface area contributed by atoms with Gasteiger partial charge in [0, 0.05) is 6.61 Å². The highest BCUT2D eigenvalue weighted by molar-refractivity contribution is 5.21. The minimum absolute atomic E-state index is 0.0290. The molecule has 5 rings (SSSR count). The third-order valence-electron chi connectivity index (χ3n) is 13.5. The van der Waals surface area contributed by atoms with Gasteiger partial charge in [0.15, 0.2) is 0 Å². The van der Waals surface area contributed by atoms with Crippen LogP contribution in [-0.4, -0.2) is 22.9 Å². The van der Waals surface area contributed by atoms with Crippen molar-refractivity contribution in [1.29, 1.82) is 0 Å². The fourth-order valence-electron chi connectivity index (χ4n) is 11.5. The summed E-state index contributed by atoms with van der Waals surface area (Å²) in [5.41, 5.74) is 2.60. The van der Waals surface area contributed by atoms with Gasteiger partial charge in [-0.15, -0.1) is 0 Å². The second kappa shape index (κ2) is 7.09. The zero-order valence-corrected chi connectivity index (χ0v) is 21.8. The second-order valence-electron chi connectivity index (χ2n) is 14.6. The van der Waals surface area contributed by atoms with E-state index >= 15 is 0 Å². The number of aliphatic hydroxyl groups is 2. The van der Waals surface area contributed by atoms with Crippen molar-refractivity contribution in [3.63, 3.8) is 0 Å². The number of rotatable bonds is 2. The lowest BCUT2D eigenvalue weighted by molar-refractivity contribution is -0.249. The molecule has 5 aliphatic rings. The van der Waals surface area contributed by atoms with Gasteiger partial charge in [0.05, 0.1) is 6.10 Å². The Balaban J connectivity index is 1.55. The van der Waals surface area contributed by atoms with Crippen LogP contribution in [0, 0.1) is 56.7 Å². The molecule has 32 heavy (non-hydrogen) atoms. The van der Waals surface area contributed by atoms with Crippen molar-refractivity contribution in [3.05, 3.63) is 12.2 Å². The topological polar surface area (TPSA) is 40.5 Å². The first-order chi connectivity index (χ1) is 14.9. The summed E-state index contributed by atoms with van der Waals surface area (Å²) in [7, 11) is 0. The zero-order chi connectivity index (χ0) is 23.3. The summed E-state index contributed by atoms with van der Waals surface area (Å²) in [6.07, 6.45) is 12.2. The molecule has 0 bridgehead atoms. The van der Waals surface area contributed by atoms with Gasteiger partial charge in [-0.3, -0.25) is 0 Å². The summed E-state index contributed by atoms with van der Waals surface area (Å²) in [6, 6.07) is 0. The van der Waals surface area contributed by atoms with Crippen molar-refractivity contribution in [2.24, 2.45) is 56.7 Å². The molecule has 0 aromatic carbocycles. The Hall–Kier alpha value is -0.340. The average Bonchev–Trinajstić information content (AvgIpc) is 3.12. The minimum atomic E-state index is -0.147. The van der Waals surface area contributed by atoms with Gasteiger partial charge in [0.2, 0.25) is 0 Å². The molecule has 5 fully saturated rings. The standard InChI is InChI=1S/C30H50O2/c1-19(2)20-10-15-30(18-31)17-16-28(6)21(25(20)30)8-9-23-27(5)13-12-24(32)26(3,4)22(27)11-14-29(23,28)7/h20-25,31-32H,1,8-18H2,2-7H3/t20-,21?,22?,23?,24?,25?,27-,28+,29+,30+/m0/s1. The van der Waals surface area contributed by atoms with E-state index in [1.54, 1.807) is 0 Å². The van der Waals surface area contributed by atoms with Gasteiger partial charge >= 0.3 is 0 Å². The van der Waals surface area contributed by atoms with Crippen LogP contribution >= 0.6 is 0 Å². The maximum absolute atomic E-state index is 10.9. The lowest BCUT2D eigenvalue weighted by Crippen LogP contribution is -2.66. The molecule has 0 aromatic heterocycles. The van der Waals surface area contributed by atoms with Crippen molar-refractivity contribution in [2.75, 3.05) is 6.61 Å². The zero-order valence-electron chi connectivity index (χ0n) is 21.8. The van der Waals surface area contributed by atoms with E-state index in [1.807, 2.05) is 0 Å². The monoisotopic (exact) mass is 442 g/mol. The molecule has 0 spiro atoms. The SMILES string of the molecule is C=C(C)[C@@H]1CC[C@]2(CO)CC[C@]3(C)C(CCC4[C@@]5(C)CCC(O)C(C)(C)C5CC[C@]43C)C12. The van der Waals surface area contributed by atoms with Crippen LogP contribution in [0.3, 0.4) is 0 Å². The Kier molecular flexibility index (Phi) is 5.19. The summed E-state index contributed by atoms with van der Waals surface area (Å²) in [6.45, 7) is 19.7. The molecule has 182 valence electrons. The minimum Gasteiger partial charge on any atom is -0.396 e. The van der Waals surface area contributed by atoms with Crippen LogP contribution in [-0.2, 0) is 0 Å². The van der Waals surface area contributed by atoms with Crippen molar-refractivity contribution >= 4 is 0 Å². The van der Waals surface area contributed by atoms with Gasteiger partial charge in [0.1, 0.15) is 0 Å². The highest BCUT2D eigenvalue weighted by Crippen LogP contribution is 2.77. The molecule has 0 heterocycles. The molecule has 2 nitrogen and oxygen atoms in total. The van der Waals surface area contributed by atoms with E-state index in [9.17, 15) is 10.2 Å². The van der Waals surface area contributed by atoms with E-state index in [0.29, 0.717) is 40.6 Å². The van der Waals surface area contributed by atoms with E-state index in [-0.39, 0.29) is 16.9 Å². The van der Waals surface area contributed by atoms with E-state index in [0.717, 1.165) is 18.3 Å². The Bertz CT molecular complexity index is 786. The van der Waals surface area contributed by atoms with Gasteiger partial charge in [0.25, 0.3) is 0 Å². The summed E-state index contributed by atoms with van der Waals surface area (Å²) in [5, 5.41) is 21.5. The number of fused-ring (bicyclic) bond motifs is 7. The number of allylic oxidation sites excluding steroid dienone is 1. The number of aliphatic hydroxyl groups excluding tert-OH is 2. The van der Waals surface area contributed by atoms with Gasteiger partial charge in [-0.25, -0.2) is 0 Å². The molecule has 0 radical (unpaired) electrons. The first kappa shape index (κ1) is 23.4. The summed E-state index contributed by atoms with van der Waals surface area (Å²) in [4.78, 5) is 0. The van der Waals surface area contributed by atoms with Crippen molar-refractivity contribution in [3.8, 4) is 0 Å². The summed E-state index contributed by atoms with van der Waals surface area (Å²) in [5.74, 6) is 3.33. The first-order valence-electron chi connectivity index (χ1n) is 13.8. The Morgan fingerprint density at radius 1 is 0.812 bits per heavy atom. The van der Waals surface area contributed by atoms with Crippen molar-refractivity contribution in [2.45, 2.75) is 112 Å². The normalized spacial score (nSPS) is 56.5. The summed E-state index contributed by atoms with van der Waals surface area (Å²) < 4.78 is 0. The van der Waals surface area contributed by atoms with Gasteiger partial charge in [-0.1, -0.05) is 46.8 Å². The Morgan fingerprint density at radius 3 is 2.19 bits per heavy atom. The van der Waals surface area contributed by atoms with Crippen LogP contribution in [0.2, 0.25) is 0 Å². The third-order valence-corrected chi connectivity index (χ3v) is 13.5. The fraction of sp³-hybridized carbons (Fsp3) is 0.933. The summed E-state index contributed by atoms with van der Waals surface area (Å²) >= 11 is 0. The van der Waals surface area contributed by atoms with E-state index in [2.05, 4.69) is 48.1 Å². The second-order valence-corrected chi connectivity index (χ2v) is 14.6.